The number of aromatic nitrogens is 5. The summed E-state index contributed by atoms with van der Waals surface area (Å²) in [5, 5.41) is 12.8. The van der Waals surface area contributed by atoms with E-state index in [-0.39, 0.29) is 0 Å². The number of rotatable bonds is 6. The minimum Gasteiger partial charge on any atom is -0.310 e. The lowest BCUT2D eigenvalue weighted by molar-refractivity contribution is 0.651. The number of nitrogens with one attached hydrogen (secondary N) is 1. The van der Waals surface area contributed by atoms with Crippen LogP contribution in [0, 0.1) is 6.92 Å². The number of aryl methyl sites for hydroxylation is 4. The average Bonchev–Trinajstić information content (AvgIpc) is 3.13. The molecule has 0 unspecified atom stereocenters. The molecule has 2 aromatic heterocycles. The molecular weight excluding hydrogens is 264 g/mol. The van der Waals surface area contributed by atoms with E-state index < -0.39 is 0 Å². The smallest absolute Gasteiger partial charge is 0.158 e. The third-order valence-electron chi connectivity index (χ3n) is 4.01. The summed E-state index contributed by atoms with van der Waals surface area (Å²) < 4.78 is 3.90. The van der Waals surface area contributed by atoms with Crippen LogP contribution in [0.1, 0.15) is 49.6 Å². The standard InChI is InChI=1S/C15H24N6/c1-5-13-17-14(6-2)21(19-13)15-12(9-16-11-7-8-11)10(3)18-20(15)4/h11,16H,5-9H2,1-4H3. The molecule has 2 aromatic rings. The summed E-state index contributed by atoms with van der Waals surface area (Å²) in [7, 11) is 1.98. The first-order valence-electron chi connectivity index (χ1n) is 7.85. The summed E-state index contributed by atoms with van der Waals surface area (Å²) >= 11 is 0. The highest BCUT2D eigenvalue weighted by molar-refractivity contribution is 5.38. The first-order chi connectivity index (χ1) is 10.1. The number of nitrogens with zero attached hydrogens (tertiary/aromatic N) is 5. The zero-order valence-electron chi connectivity index (χ0n) is 13.3. The van der Waals surface area contributed by atoms with Gasteiger partial charge in [0.05, 0.1) is 5.69 Å². The van der Waals surface area contributed by atoms with Crippen LogP contribution in [0.2, 0.25) is 0 Å². The van der Waals surface area contributed by atoms with E-state index in [0.29, 0.717) is 6.04 Å². The van der Waals surface area contributed by atoms with Crippen molar-refractivity contribution in [2.45, 2.75) is 59.0 Å². The number of hydrogen-bond acceptors (Lipinski definition) is 4. The molecule has 0 radical (unpaired) electrons. The topological polar surface area (TPSA) is 60.6 Å². The maximum absolute atomic E-state index is 4.66. The van der Waals surface area contributed by atoms with Crippen LogP contribution in [0.4, 0.5) is 0 Å². The molecule has 0 saturated heterocycles. The van der Waals surface area contributed by atoms with E-state index in [1.807, 2.05) is 16.4 Å². The molecule has 0 spiro atoms. The Balaban J connectivity index is 2.01. The summed E-state index contributed by atoms with van der Waals surface area (Å²) in [6.45, 7) is 7.12. The molecule has 1 aliphatic carbocycles. The lowest BCUT2D eigenvalue weighted by Crippen LogP contribution is -2.18. The molecule has 0 atom stereocenters. The van der Waals surface area contributed by atoms with Crippen LogP contribution in [-0.4, -0.2) is 30.6 Å². The second-order valence-corrected chi connectivity index (χ2v) is 5.73. The highest BCUT2D eigenvalue weighted by Crippen LogP contribution is 2.23. The normalized spacial score (nSPS) is 14.9. The van der Waals surface area contributed by atoms with E-state index in [0.717, 1.165) is 42.5 Å². The van der Waals surface area contributed by atoms with Crippen molar-refractivity contribution in [3.63, 3.8) is 0 Å². The molecule has 0 aliphatic heterocycles. The molecule has 6 heteroatoms. The van der Waals surface area contributed by atoms with Gasteiger partial charge in [-0.05, 0) is 19.8 Å². The largest absolute Gasteiger partial charge is 0.310 e. The van der Waals surface area contributed by atoms with Gasteiger partial charge >= 0.3 is 0 Å². The van der Waals surface area contributed by atoms with Gasteiger partial charge in [0.2, 0.25) is 0 Å². The SMILES string of the molecule is CCc1nc(CC)n(-c2c(CNC3CC3)c(C)nn2C)n1. The minimum atomic E-state index is 0.685. The fraction of sp³-hybridized carbons (Fsp3) is 0.667. The van der Waals surface area contributed by atoms with E-state index >= 15 is 0 Å². The maximum atomic E-state index is 4.66. The third kappa shape index (κ3) is 2.72. The van der Waals surface area contributed by atoms with Crippen LogP contribution in [0.25, 0.3) is 5.82 Å². The van der Waals surface area contributed by atoms with Crippen LogP contribution in [0.5, 0.6) is 0 Å². The van der Waals surface area contributed by atoms with Gasteiger partial charge in [0.15, 0.2) is 11.6 Å². The summed E-state index contributed by atoms with van der Waals surface area (Å²) in [4.78, 5) is 4.61. The Morgan fingerprint density at radius 1 is 1.19 bits per heavy atom. The average molecular weight is 288 g/mol. The first kappa shape index (κ1) is 14.3. The Bertz CT molecular complexity index is 635. The van der Waals surface area contributed by atoms with Crippen molar-refractivity contribution in [1.82, 2.24) is 29.9 Å². The van der Waals surface area contributed by atoms with Crippen LogP contribution >= 0.6 is 0 Å². The van der Waals surface area contributed by atoms with E-state index in [9.17, 15) is 0 Å². The molecule has 6 nitrogen and oxygen atoms in total. The fourth-order valence-corrected chi connectivity index (χ4v) is 2.64. The lowest BCUT2D eigenvalue weighted by Gasteiger charge is -2.09. The molecule has 0 aromatic carbocycles. The van der Waals surface area contributed by atoms with Crippen LogP contribution in [0.3, 0.4) is 0 Å². The van der Waals surface area contributed by atoms with Crippen molar-refractivity contribution in [1.29, 1.82) is 0 Å². The summed E-state index contributed by atoms with van der Waals surface area (Å²) in [6, 6.07) is 0.685. The van der Waals surface area contributed by atoms with Gasteiger partial charge in [0.1, 0.15) is 5.82 Å². The summed E-state index contributed by atoms with van der Waals surface area (Å²) in [6.07, 6.45) is 4.30. The maximum Gasteiger partial charge on any atom is 0.158 e. The molecule has 21 heavy (non-hydrogen) atoms. The van der Waals surface area contributed by atoms with Crippen LogP contribution < -0.4 is 5.32 Å². The zero-order chi connectivity index (χ0) is 15.0. The third-order valence-corrected chi connectivity index (χ3v) is 4.01. The molecule has 1 N–H and O–H groups in total. The fourth-order valence-electron chi connectivity index (χ4n) is 2.64. The van der Waals surface area contributed by atoms with Crippen molar-refractivity contribution in [2.24, 2.45) is 7.05 Å². The van der Waals surface area contributed by atoms with Crippen molar-refractivity contribution in [3.8, 4) is 5.82 Å². The van der Waals surface area contributed by atoms with Gasteiger partial charge in [-0.2, -0.15) is 9.78 Å². The molecule has 0 amide bonds. The van der Waals surface area contributed by atoms with Gasteiger partial charge in [0, 0.05) is 38.0 Å². The molecule has 0 bridgehead atoms. The van der Waals surface area contributed by atoms with E-state index in [1.165, 1.54) is 18.4 Å². The molecule has 1 saturated carbocycles. The first-order valence-corrected chi connectivity index (χ1v) is 7.85. The van der Waals surface area contributed by atoms with Gasteiger partial charge in [-0.3, -0.25) is 4.68 Å². The zero-order valence-corrected chi connectivity index (χ0v) is 13.3. The van der Waals surface area contributed by atoms with Gasteiger partial charge in [-0.25, -0.2) is 4.98 Å². The van der Waals surface area contributed by atoms with E-state index in [1.54, 1.807) is 0 Å². The second kappa shape index (κ2) is 5.60. The van der Waals surface area contributed by atoms with Crippen molar-refractivity contribution in [2.75, 3.05) is 0 Å². The molecule has 1 fully saturated rings. The highest BCUT2D eigenvalue weighted by Gasteiger charge is 2.24. The molecule has 114 valence electrons. The Morgan fingerprint density at radius 2 is 1.95 bits per heavy atom. The molecule has 1 aliphatic rings. The van der Waals surface area contributed by atoms with Crippen molar-refractivity contribution in [3.05, 3.63) is 22.9 Å². The predicted molar refractivity (Wildman–Crippen MR) is 81.5 cm³/mol. The molecular formula is C15H24N6. The van der Waals surface area contributed by atoms with E-state index in [4.69, 9.17) is 0 Å². The van der Waals surface area contributed by atoms with Crippen LogP contribution in [-0.2, 0) is 26.4 Å². The summed E-state index contributed by atoms with van der Waals surface area (Å²) in [5.41, 5.74) is 2.29. The Hall–Kier alpha value is -1.69. The Labute approximate surface area is 125 Å². The van der Waals surface area contributed by atoms with Gasteiger partial charge in [-0.1, -0.05) is 13.8 Å². The van der Waals surface area contributed by atoms with Crippen molar-refractivity contribution >= 4 is 0 Å². The Kier molecular flexibility index (Phi) is 3.80. The van der Waals surface area contributed by atoms with Gasteiger partial charge in [-0.15, -0.1) is 5.10 Å². The van der Waals surface area contributed by atoms with Gasteiger partial charge < -0.3 is 5.32 Å². The van der Waals surface area contributed by atoms with Gasteiger partial charge in [0.25, 0.3) is 0 Å². The Morgan fingerprint density at radius 3 is 2.57 bits per heavy atom. The molecule has 2 heterocycles. The van der Waals surface area contributed by atoms with Crippen LogP contribution in [0.15, 0.2) is 0 Å². The lowest BCUT2D eigenvalue weighted by atomic mass is 10.2. The minimum absolute atomic E-state index is 0.685. The summed E-state index contributed by atoms with van der Waals surface area (Å²) in [5.74, 6) is 2.94. The van der Waals surface area contributed by atoms with E-state index in [2.05, 4.69) is 41.3 Å². The monoisotopic (exact) mass is 288 g/mol. The quantitative estimate of drug-likeness (QED) is 0.878. The van der Waals surface area contributed by atoms with Crippen molar-refractivity contribution < 1.29 is 0 Å². The second-order valence-electron chi connectivity index (χ2n) is 5.73. The predicted octanol–water partition coefficient (Wildman–Crippen LogP) is 1.69. The highest BCUT2D eigenvalue weighted by atomic mass is 15.4. The number of hydrogen-bond donors (Lipinski definition) is 1. The molecule has 3 rings (SSSR count).